The number of benzene rings is 2. The second-order valence-corrected chi connectivity index (χ2v) is 7.10. The molecule has 0 aromatic heterocycles. The standard InChI is InChI=1S/C23H25NO5/c1-28-20-9-7-18(8-10-20)21(25)15-22(26)19-11-13-24(14-12-19)23(27)29-16-17-5-3-2-4-6-17/h2-10,19H,11-16H2,1H3. The molecule has 29 heavy (non-hydrogen) atoms. The van der Waals surface area contributed by atoms with E-state index in [1.807, 2.05) is 30.3 Å². The molecule has 0 radical (unpaired) electrons. The van der Waals surface area contributed by atoms with Gasteiger partial charge in [0.2, 0.25) is 0 Å². The van der Waals surface area contributed by atoms with Crippen LogP contribution in [0, 0.1) is 5.92 Å². The zero-order chi connectivity index (χ0) is 20.6. The second kappa shape index (κ2) is 9.87. The molecule has 1 amide bonds. The van der Waals surface area contributed by atoms with Crippen molar-refractivity contribution in [1.82, 2.24) is 4.90 Å². The van der Waals surface area contributed by atoms with Crippen molar-refractivity contribution >= 4 is 17.7 Å². The van der Waals surface area contributed by atoms with Gasteiger partial charge in [-0.2, -0.15) is 0 Å². The summed E-state index contributed by atoms with van der Waals surface area (Å²) in [4.78, 5) is 38.7. The Kier molecular flexibility index (Phi) is 7.00. The lowest BCUT2D eigenvalue weighted by Gasteiger charge is -2.30. The maximum absolute atomic E-state index is 12.5. The van der Waals surface area contributed by atoms with Crippen LogP contribution >= 0.6 is 0 Å². The van der Waals surface area contributed by atoms with Crippen LogP contribution in [-0.2, 0) is 16.1 Å². The third-order valence-electron chi connectivity index (χ3n) is 5.16. The van der Waals surface area contributed by atoms with Crippen molar-refractivity contribution < 1.29 is 23.9 Å². The average molecular weight is 395 g/mol. The quantitative estimate of drug-likeness (QED) is 0.525. The zero-order valence-electron chi connectivity index (χ0n) is 16.5. The number of Topliss-reactive ketones (excluding diaryl/α,β-unsaturated/α-hetero) is 2. The number of carbonyl (C=O) groups excluding carboxylic acids is 3. The normalized spacial score (nSPS) is 14.3. The van der Waals surface area contributed by atoms with Crippen LogP contribution in [0.2, 0.25) is 0 Å². The Bertz CT molecular complexity index is 839. The molecule has 2 aromatic carbocycles. The van der Waals surface area contributed by atoms with Gasteiger partial charge in [-0.3, -0.25) is 9.59 Å². The van der Waals surface area contributed by atoms with Gasteiger partial charge in [-0.25, -0.2) is 4.79 Å². The van der Waals surface area contributed by atoms with Gasteiger partial charge in [0.15, 0.2) is 5.78 Å². The van der Waals surface area contributed by atoms with E-state index in [9.17, 15) is 14.4 Å². The lowest BCUT2D eigenvalue weighted by atomic mass is 9.89. The number of methoxy groups -OCH3 is 1. The number of piperidine rings is 1. The van der Waals surface area contributed by atoms with Crippen molar-refractivity contribution in [3.05, 3.63) is 65.7 Å². The summed E-state index contributed by atoms with van der Waals surface area (Å²) in [6, 6.07) is 16.2. The molecule has 0 spiro atoms. The van der Waals surface area contributed by atoms with Crippen LogP contribution in [0.1, 0.15) is 35.2 Å². The maximum atomic E-state index is 12.5. The summed E-state index contributed by atoms with van der Waals surface area (Å²) in [7, 11) is 1.56. The molecule has 3 rings (SSSR count). The number of hydrogen-bond acceptors (Lipinski definition) is 5. The van der Waals surface area contributed by atoms with Crippen molar-refractivity contribution in [2.75, 3.05) is 20.2 Å². The first-order valence-electron chi connectivity index (χ1n) is 9.72. The van der Waals surface area contributed by atoms with E-state index in [2.05, 4.69) is 0 Å². The summed E-state index contributed by atoms with van der Waals surface area (Å²) in [5.41, 5.74) is 1.43. The van der Waals surface area contributed by atoms with Gasteiger partial charge in [-0.05, 0) is 42.7 Å². The minimum absolute atomic E-state index is 0.0666. The van der Waals surface area contributed by atoms with E-state index < -0.39 is 0 Å². The number of likely N-dealkylation sites (tertiary alicyclic amines) is 1. The van der Waals surface area contributed by atoms with Gasteiger partial charge in [0, 0.05) is 24.6 Å². The molecule has 0 saturated carbocycles. The summed E-state index contributed by atoms with van der Waals surface area (Å²) in [6.07, 6.45) is 0.619. The number of carbonyl (C=O) groups is 3. The summed E-state index contributed by atoms with van der Waals surface area (Å²) < 4.78 is 10.4. The van der Waals surface area contributed by atoms with Gasteiger partial charge in [-0.1, -0.05) is 30.3 Å². The molecule has 1 heterocycles. The number of nitrogens with zero attached hydrogens (tertiary/aromatic N) is 1. The van der Waals surface area contributed by atoms with Gasteiger partial charge in [-0.15, -0.1) is 0 Å². The predicted molar refractivity (Wildman–Crippen MR) is 108 cm³/mol. The molecule has 1 aliphatic rings. The topological polar surface area (TPSA) is 72.9 Å². The second-order valence-electron chi connectivity index (χ2n) is 7.10. The molecule has 0 N–H and O–H groups in total. The van der Waals surface area contributed by atoms with Gasteiger partial charge >= 0.3 is 6.09 Å². The zero-order valence-corrected chi connectivity index (χ0v) is 16.5. The van der Waals surface area contributed by atoms with E-state index in [1.54, 1.807) is 36.3 Å². The molecular formula is C23H25NO5. The van der Waals surface area contributed by atoms with Crippen LogP contribution in [0.25, 0.3) is 0 Å². The highest BCUT2D eigenvalue weighted by Crippen LogP contribution is 2.22. The first-order chi connectivity index (χ1) is 14.1. The van der Waals surface area contributed by atoms with Gasteiger partial charge in [0.05, 0.1) is 13.5 Å². The van der Waals surface area contributed by atoms with E-state index >= 15 is 0 Å². The van der Waals surface area contributed by atoms with Crippen LogP contribution < -0.4 is 4.74 Å². The molecule has 0 bridgehead atoms. The van der Waals surface area contributed by atoms with E-state index in [0.29, 0.717) is 37.2 Å². The average Bonchev–Trinajstić information content (AvgIpc) is 2.78. The summed E-state index contributed by atoms with van der Waals surface area (Å²) >= 11 is 0. The number of hydrogen-bond donors (Lipinski definition) is 0. The lowest BCUT2D eigenvalue weighted by Crippen LogP contribution is -2.40. The SMILES string of the molecule is COc1ccc(C(=O)CC(=O)C2CCN(C(=O)OCc3ccccc3)CC2)cc1. The molecule has 0 unspecified atom stereocenters. The van der Waals surface area contributed by atoms with E-state index in [-0.39, 0.29) is 36.6 Å². The van der Waals surface area contributed by atoms with Crippen molar-refractivity contribution in [2.45, 2.75) is 25.9 Å². The molecule has 1 fully saturated rings. The number of ketones is 2. The first kappa shape index (κ1) is 20.6. The molecule has 6 nitrogen and oxygen atoms in total. The molecule has 6 heteroatoms. The molecule has 1 aliphatic heterocycles. The Morgan fingerprint density at radius 3 is 2.24 bits per heavy atom. The lowest BCUT2D eigenvalue weighted by molar-refractivity contribution is -0.123. The smallest absolute Gasteiger partial charge is 0.410 e. The Balaban J connectivity index is 1.43. The molecule has 2 aromatic rings. The highest BCUT2D eigenvalue weighted by atomic mass is 16.6. The van der Waals surface area contributed by atoms with Crippen LogP contribution in [0.3, 0.4) is 0 Å². The number of amides is 1. The van der Waals surface area contributed by atoms with Crippen LogP contribution in [0.15, 0.2) is 54.6 Å². The summed E-state index contributed by atoms with van der Waals surface area (Å²) in [6.45, 7) is 1.15. The molecular weight excluding hydrogens is 370 g/mol. The fourth-order valence-corrected chi connectivity index (χ4v) is 3.38. The third-order valence-corrected chi connectivity index (χ3v) is 5.16. The molecule has 1 saturated heterocycles. The highest BCUT2D eigenvalue weighted by molar-refractivity contribution is 6.08. The Morgan fingerprint density at radius 2 is 1.62 bits per heavy atom. The van der Waals surface area contributed by atoms with Crippen molar-refractivity contribution in [1.29, 1.82) is 0 Å². The van der Waals surface area contributed by atoms with E-state index in [4.69, 9.17) is 9.47 Å². The van der Waals surface area contributed by atoms with Crippen molar-refractivity contribution in [3.8, 4) is 5.75 Å². The van der Waals surface area contributed by atoms with Crippen LogP contribution in [0.4, 0.5) is 4.79 Å². The predicted octanol–water partition coefficient (Wildman–Crippen LogP) is 3.89. The fourth-order valence-electron chi connectivity index (χ4n) is 3.38. The van der Waals surface area contributed by atoms with E-state index in [1.165, 1.54) is 0 Å². The van der Waals surface area contributed by atoms with Crippen LogP contribution in [-0.4, -0.2) is 42.8 Å². The minimum atomic E-state index is -0.367. The Labute approximate surface area is 170 Å². The van der Waals surface area contributed by atoms with Crippen molar-refractivity contribution in [2.24, 2.45) is 5.92 Å². The fraction of sp³-hybridized carbons (Fsp3) is 0.348. The maximum Gasteiger partial charge on any atom is 0.410 e. The highest BCUT2D eigenvalue weighted by Gasteiger charge is 2.29. The van der Waals surface area contributed by atoms with Gasteiger partial charge in [0.1, 0.15) is 18.1 Å². The Morgan fingerprint density at radius 1 is 0.966 bits per heavy atom. The van der Waals surface area contributed by atoms with E-state index in [0.717, 1.165) is 5.56 Å². The van der Waals surface area contributed by atoms with Gasteiger partial charge in [0.25, 0.3) is 0 Å². The molecule has 0 atom stereocenters. The summed E-state index contributed by atoms with van der Waals surface area (Å²) in [5, 5.41) is 0. The monoisotopic (exact) mass is 395 g/mol. The molecule has 0 aliphatic carbocycles. The van der Waals surface area contributed by atoms with Gasteiger partial charge < -0.3 is 14.4 Å². The largest absolute Gasteiger partial charge is 0.497 e. The first-order valence-corrected chi connectivity index (χ1v) is 9.72. The number of ether oxygens (including phenoxy) is 2. The minimum Gasteiger partial charge on any atom is -0.497 e. The summed E-state index contributed by atoms with van der Waals surface area (Å²) in [5.74, 6) is 0.209. The van der Waals surface area contributed by atoms with Crippen LogP contribution in [0.5, 0.6) is 5.75 Å². The van der Waals surface area contributed by atoms with Crippen molar-refractivity contribution in [3.63, 3.8) is 0 Å². The molecule has 152 valence electrons. The third kappa shape index (κ3) is 5.67. The Hall–Kier alpha value is -3.15. The number of rotatable bonds is 7.